The summed E-state index contributed by atoms with van der Waals surface area (Å²) >= 11 is 0. The van der Waals surface area contributed by atoms with E-state index >= 15 is 0 Å². The fourth-order valence-electron chi connectivity index (χ4n) is 3.83. The van der Waals surface area contributed by atoms with Crippen LogP contribution in [0, 0.1) is 5.92 Å². The first-order chi connectivity index (χ1) is 15.0. The summed E-state index contributed by atoms with van der Waals surface area (Å²) in [4.78, 5) is 37.3. The van der Waals surface area contributed by atoms with Crippen LogP contribution < -0.4 is 15.4 Å². The van der Waals surface area contributed by atoms with E-state index in [9.17, 15) is 14.4 Å². The van der Waals surface area contributed by atoms with Crippen LogP contribution in [0.15, 0.2) is 42.5 Å². The van der Waals surface area contributed by atoms with Crippen molar-refractivity contribution in [2.45, 2.75) is 38.6 Å². The molecule has 0 unspecified atom stereocenters. The summed E-state index contributed by atoms with van der Waals surface area (Å²) in [5.41, 5.74) is 1.80. The van der Waals surface area contributed by atoms with Crippen molar-refractivity contribution in [3.63, 3.8) is 0 Å². The number of hydrogen-bond donors (Lipinski definition) is 2. The molecule has 1 aliphatic rings. The number of anilines is 1. The molecule has 0 saturated heterocycles. The van der Waals surface area contributed by atoms with E-state index in [-0.39, 0.29) is 24.3 Å². The summed E-state index contributed by atoms with van der Waals surface area (Å²) in [6, 6.07) is 11.8. The van der Waals surface area contributed by atoms with Gasteiger partial charge in [-0.1, -0.05) is 31.4 Å². The standard InChI is InChI=1S/C24H28N2O5/c1-30-21-11-7-6-10-20(21)23(28)26-19-13-16(12-18(14-19)24(29)31-2)15-25-22(27)17-8-4-3-5-9-17/h6-7,10-14,17H,3-5,8-9,15H2,1-2H3,(H,25,27)(H,26,28). The van der Waals surface area contributed by atoms with E-state index in [1.807, 2.05) is 0 Å². The number of carbonyl (C=O) groups excluding carboxylic acids is 3. The number of hydrogen-bond acceptors (Lipinski definition) is 5. The van der Waals surface area contributed by atoms with Gasteiger partial charge in [0.25, 0.3) is 5.91 Å². The summed E-state index contributed by atoms with van der Waals surface area (Å²) in [7, 11) is 2.80. The average molecular weight is 424 g/mol. The maximum Gasteiger partial charge on any atom is 0.337 e. The van der Waals surface area contributed by atoms with Gasteiger partial charge >= 0.3 is 5.97 Å². The number of esters is 1. The third-order valence-electron chi connectivity index (χ3n) is 5.47. The Hall–Kier alpha value is -3.35. The number of benzene rings is 2. The Kier molecular flexibility index (Phi) is 7.65. The molecule has 2 aromatic rings. The van der Waals surface area contributed by atoms with Crippen molar-refractivity contribution in [1.82, 2.24) is 5.32 Å². The van der Waals surface area contributed by atoms with Gasteiger partial charge in [-0.15, -0.1) is 0 Å². The van der Waals surface area contributed by atoms with Gasteiger partial charge in [-0.05, 0) is 48.7 Å². The van der Waals surface area contributed by atoms with Gasteiger partial charge in [-0.3, -0.25) is 9.59 Å². The molecular weight excluding hydrogens is 396 g/mol. The Balaban J connectivity index is 1.77. The quantitative estimate of drug-likeness (QED) is 0.657. The fourth-order valence-corrected chi connectivity index (χ4v) is 3.83. The molecule has 2 N–H and O–H groups in total. The second-order valence-electron chi connectivity index (χ2n) is 7.62. The van der Waals surface area contributed by atoms with Crippen LogP contribution in [-0.4, -0.2) is 32.0 Å². The van der Waals surface area contributed by atoms with Gasteiger partial charge in [0, 0.05) is 18.2 Å². The van der Waals surface area contributed by atoms with E-state index in [0.717, 1.165) is 25.7 Å². The van der Waals surface area contributed by atoms with Crippen molar-refractivity contribution < 1.29 is 23.9 Å². The van der Waals surface area contributed by atoms with Gasteiger partial charge in [0.15, 0.2) is 0 Å². The van der Waals surface area contributed by atoms with E-state index in [0.29, 0.717) is 28.1 Å². The van der Waals surface area contributed by atoms with Crippen molar-refractivity contribution in [3.05, 3.63) is 59.2 Å². The predicted molar refractivity (Wildman–Crippen MR) is 117 cm³/mol. The molecule has 164 valence electrons. The van der Waals surface area contributed by atoms with Crippen molar-refractivity contribution >= 4 is 23.5 Å². The Morgan fingerprint density at radius 2 is 1.74 bits per heavy atom. The van der Waals surface area contributed by atoms with Gasteiger partial charge < -0.3 is 20.1 Å². The van der Waals surface area contributed by atoms with E-state index in [2.05, 4.69) is 10.6 Å². The lowest BCUT2D eigenvalue weighted by Gasteiger charge is -2.21. The first-order valence-corrected chi connectivity index (χ1v) is 10.5. The topological polar surface area (TPSA) is 93.7 Å². The monoisotopic (exact) mass is 424 g/mol. The fraction of sp³-hybridized carbons (Fsp3) is 0.375. The van der Waals surface area contributed by atoms with Crippen LogP contribution >= 0.6 is 0 Å². The lowest BCUT2D eigenvalue weighted by atomic mass is 9.88. The molecule has 7 nitrogen and oxygen atoms in total. The summed E-state index contributed by atoms with van der Waals surface area (Å²) in [5.74, 6) is -0.362. The minimum Gasteiger partial charge on any atom is -0.496 e. The van der Waals surface area contributed by atoms with Gasteiger partial charge in [-0.2, -0.15) is 0 Å². The minimum atomic E-state index is -0.520. The maximum absolute atomic E-state index is 12.8. The number of para-hydroxylation sites is 1. The largest absolute Gasteiger partial charge is 0.496 e. The highest BCUT2D eigenvalue weighted by Gasteiger charge is 2.21. The molecule has 1 fully saturated rings. The molecule has 1 aliphatic carbocycles. The van der Waals surface area contributed by atoms with Crippen LogP contribution in [0.25, 0.3) is 0 Å². The van der Waals surface area contributed by atoms with Gasteiger partial charge in [0.1, 0.15) is 5.75 Å². The number of rotatable bonds is 7. The normalized spacial score (nSPS) is 13.9. The van der Waals surface area contributed by atoms with Crippen LogP contribution in [0.1, 0.15) is 58.4 Å². The first-order valence-electron chi connectivity index (χ1n) is 10.5. The van der Waals surface area contributed by atoms with Crippen LogP contribution in [0.5, 0.6) is 5.75 Å². The van der Waals surface area contributed by atoms with Crippen LogP contribution in [0.3, 0.4) is 0 Å². The van der Waals surface area contributed by atoms with Crippen LogP contribution in [-0.2, 0) is 16.1 Å². The zero-order valence-electron chi connectivity index (χ0n) is 17.9. The second kappa shape index (κ2) is 10.6. The molecule has 0 spiro atoms. The molecule has 3 rings (SSSR count). The van der Waals surface area contributed by atoms with E-state index in [4.69, 9.17) is 9.47 Å². The number of carbonyl (C=O) groups is 3. The molecule has 2 amide bonds. The van der Waals surface area contributed by atoms with E-state index in [1.54, 1.807) is 42.5 Å². The molecule has 7 heteroatoms. The molecule has 0 aromatic heterocycles. The average Bonchev–Trinajstić information content (AvgIpc) is 2.82. The highest BCUT2D eigenvalue weighted by molar-refractivity contribution is 6.06. The van der Waals surface area contributed by atoms with Crippen molar-refractivity contribution in [2.24, 2.45) is 5.92 Å². The Morgan fingerprint density at radius 3 is 2.45 bits per heavy atom. The maximum atomic E-state index is 12.8. The molecule has 0 bridgehead atoms. The highest BCUT2D eigenvalue weighted by atomic mass is 16.5. The van der Waals surface area contributed by atoms with E-state index < -0.39 is 5.97 Å². The lowest BCUT2D eigenvalue weighted by molar-refractivity contribution is -0.126. The van der Waals surface area contributed by atoms with Crippen molar-refractivity contribution in [3.8, 4) is 5.75 Å². The van der Waals surface area contributed by atoms with Gasteiger partial charge in [0.05, 0.1) is 25.3 Å². The van der Waals surface area contributed by atoms with Gasteiger partial charge in [0.2, 0.25) is 5.91 Å². The molecule has 1 saturated carbocycles. The Morgan fingerprint density at radius 1 is 1.00 bits per heavy atom. The SMILES string of the molecule is COC(=O)c1cc(CNC(=O)C2CCCCC2)cc(NC(=O)c2ccccc2OC)c1. The molecule has 0 radical (unpaired) electrons. The Bertz CT molecular complexity index is 951. The Labute approximate surface area is 182 Å². The zero-order valence-corrected chi connectivity index (χ0v) is 17.9. The molecular formula is C24H28N2O5. The predicted octanol–water partition coefficient (Wildman–Crippen LogP) is 3.93. The minimum absolute atomic E-state index is 0.0304. The molecule has 31 heavy (non-hydrogen) atoms. The molecule has 2 aromatic carbocycles. The van der Waals surface area contributed by atoms with Crippen LogP contribution in [0.4, 0.5) is 5.69 Å². The van der Waals surface area contributed by atoms with Crippen LogP contribution in [0.2, 0.25) is 0 Å². The summed E-state index contributed by atoms with van der Waals surface area (Å²) < 4.78 is 10.1. The number of nitrogens with one attached hydrogen (secondary N) is 2. The molecule has 0 aliphatic heterocycles. The molecule has 0 heterocycles. The van der Waals surface area contributed by atoms with Crippen molar-refractivity contribution in [2.75, 3.05) is 19.5 Å². The number of amides is 2. The second-order valence-corrected chi connectivity index (χ2v) is 7.62. The zero-order chi connectivity index (χ0) is 22.2. The van der Waals surface area contributed by atoms with E-state index in [1.165, 1.54) is 20.6 Å². The third kappa shape index (κ3) is 5.84. The number of ether oxygens (including phenoxy) is 2. The summed E-state index contributed by atoms with van der Waals surface area (Å²) in [6.07, 6.45) is 5.16. The smallest absolute Gasteiger partial charge is 0.337 e. The third-order valence-corrected chi connectivity index (χ3v) is 5.47. The van der Waals surface area contributed by atoms with Crippen molar-refractivity contribution in [1.29, 1.82) is 0 Å². The van der Waals surface area contributed by atoms with Gasteiger partial charge in [-0.25, -0.2) is 4.79 Å². The number of methoxy groups -OCH3 is 2. The molecule has 0 atom stereocenters. The summed E-state index contributed by atoms with van der Waals surface area (Å²) in [5, 5.41) is 5.76. The lowest BCUT2D eigenvalue weighted by Crippen LogP contribution is -2.31. The summed E-state index contributed by atoms with van der Waals surface area (Å²) in [6.45, 7) is 0.262. The first kappa shape index (κ1) is 22.3. The highest BCUT2D eigenvalue weighted by Crippen LogP contribution is 2.24.